The number of rotatable bonds is 10. The van der Waals surface area contributed by atoms with Crippen molar-refractivity contribution in [2.45, 2.75) is 63.8 Å². The van der Waals surface area contributed by atoms with Crippen LogP contribution in [-0.4, -0.2) is 67.1 Å². The summed E-state index contributed by atoms with van der Waals surface area (Å²) in [4.78, 5) is 54.1. The summed E-state index contributed by atoms with van der Waals surface area (Å²) in [5, 5.41) is 5.32. The number of aryl methyl sites for hydroxylation is 1. The molecule has 1 aliphatic rings. The van der Waals surface area contributed by atoms with Gasteiger partial charge in [0, 0.05) is 10.6 Å². The van der Waals surface area contributed by atoms with Crippen molar-refractivity contribution in [3.05, 3.63) is 59.7 Å². The molecule has 0 saturated heterocycles. The minimum atomic E-state index is -1.14. The predicted octanol–water partition coefficient (Wildman–Crippen LogP) is 3.59. The number of thioether (sulfide) groups is 1. The van der Waals surface area contributed by atoms with Crippen molar-refractivity contribution in [1.29, 1.82) is 0 Å². The largest absolute Gasteiger partial charge is 0.465 e. The Labute approximate surface area is 239 Å². The molecule has 216 valence electrons. The lowest BCUT2D eigenvalue weighted by atomic mass is 10.1. The van der Waals surface area contributed by atoms with Crippen LogP contribution in [0.4, 0.5) is 10.5 Å². The van der Waals surface area contributed by atoms with Gasteiger partial charge in [-0.25, -0.2) is 4.79 Å². The van der Waals surface area contributed by atoms with E-state index >= 15 is 0 Å². The Morgan fingerprint density at radius 2 is 1.85 bits per heavy atom. The molecular weight excluding hydrogens is 534 g/mol. The van der Waals surface area contributed by atoms with E-state index < -0.39 is 41.6 Å². The van der Waals surface area contributed by atoms with Crippen LogP contribution in [0.15, 0.2) is 53.4 Å². The molecule has 0 aliphatic carbocycles. The molecule has 0 radical (unpaired) electrons. The number of nitrogens with zero attached hydrogens (tertiary/aromatic N) is 1. The maximum Gasteiger partial charge on any atom is 0.408 e. The van der Waals surface area contributed by atoms with Crippen LogP contribution >= 0.6 is 11.8 Å². The third-order valence-electron chi connectivity index (χ3n) is 5.69. The molecule has 40 heavy (non-hydrogen) atoms. The van der Waals surface area contributed by atoms with E-state index in [0.717, 1.165) is 16.0 Å². The number of anilines is 1. The van der Waals surface area contributed by atoms with Gasteiger partial charge in [-0.1, -0.05) is 36.4 Å². The zero-order valence-corrected chi connectivity index (χ0v) is 24.3. The summed E-state index contributed by atoms with van der Waals surface area (Å²) in [6, 6.07) is 12.9. The number of hydrogen-bond acceptors (Lipinski definition) is 8. The molecule has 3 amide bonds. The van der Waals surface area contributed by atoms with E-state index in [1.54, 1.807) is 33.8 Å². The van der Waals surface area contributed by atoms with Gasteiger partial charge in [0.2, 0.25) is 5.91 Å². The monoisotopic (exact) mass is 571 g/mol. The third kappa shape index (κ3) is 9.27. The first kappa shape index (κ1) is 31.0. The first-order valence-corrected chi connectivity index (χ1v) is 14.1. The summed E-state index contributed by atoms with van der Waals surface area (Å²) >= 11 is 1.40. The Morgan fingerprint density at radius 3 is 2.52 bits per heavy atom. The lowest BCUT2D eigenvalue weighted by Gasteiger charge is -2.27. The van der Waals surface area contributed by atoms with E-state index in [-0.39, 0.29) is 32.1 Å². The SMILES string of the molecule is CCOC(=O)CN1C(=O)[C@H](NC(=O)[C@H](COCc2ccccc2)NC(=O)OC(C)(C)C)CSc2cc(C)ccc21. The van der Waals surface area contributed by atoms with E-state index in [1.807, 2.05) is 49.4 Å². The number of carbonyl (C=O) groups is 4. The number of amides is 3. The number of hydrogen-bond donors (Lipinski definition) is 2. The summed E-state index contributed by atoms with van der Waals surface area (Å²) in [5.41, 5.74) is 1.69. The molecule has 2 atom stereocenters. The molecule has 2 aromatic carbocycles. The van der Waals surface area contributed by atoms with Crippen LogP contribution in [0.2, 0.25) is 0 Å². The molecule has 10 nitrogen and oxygen atoms in total. The highest BCUT2D eigenvalue weighted by Crippen LogP contribution is 2.35. The fourth-order valence-electron chi connectivity index (χ4n) is 3.89. The van der Waals surface area contributed by atoms with Crippen molar-refractivity contribution in [2.75, 3.05) is 30.4 Å². The van der Waals surface area contributed by atoms with E-state index in [4.69, 9.17) is 14.2 Å². The maximum absolute atomic E-state index is 13.6. The van der Waals surface area contributed by atoms with Crippen LogP contribution < -0.4 is 15.5 Å². The van der Waals surface area contributed by atoms with Gasteiger partial charge in [-0.2, -0.15) is 0 Å². The van der Waals surface area contributed by atoms with Crippen molar-refractivity contribution in [1.82, 2.24) is 10.6 Å². The van der Waals surface area contributed by atoms with E-state index in [1.165, 1.54) is 16.7 Å². The lowest BCUT2D eigenvalue weighted by Crippen LogP contribution is -2.57. The van der Waals surface area contributed by atoms with Crippen molar-refractivity contribution >= 4 is 41.3 Å². The maximum atomic E-state index is 13.6. The topological polar surface area (TPSA) is 123 Å². The van der Waals surface area contributed by atoms with Crippen molar-refractivity contribution in [3.63, 3.8) is 0 Å². The lowest BCUT2D eigenvalue weighted by molar-refractivity contribution is -0.142. The van der Waals surface area contributed by atoms with Gasteiger partial charge in [0.25, 0.3) is 5.91 Å². The Morgan fingerprint density at radius 1 is 1.12 bits per heavy atom. The van der Waals surface area contributed by atoms with Gasteiger partial charge in [0.15, 0.2) is 0 Å². The fraction of sp³-hybridized carbons (Fsp3) is 0.448. The predicted molar refractivity (Wildman–Crippen MR) is 152 cm³/mol. The number of ether oxygens (including phenoxy) is 3. The van der Waals surface area contributed by atoms with Gasteiger partial charge >= 0.3 is 12.1 Å². The molecule has 3 rings (SSSR count). The van der Waals surface area contributed by atoms with E-state index in [2.05, 4.69) is 10.6 Å². The van der Waals surface area contributed by atoms with Crippen LogP contribution in [0, 0.1) is 6.92 Å². The zero-order chi connectivity index (χ0) is 29.3. The molecule has 0 bridgehead atoms. The van der Waals surface area contributed by atoms with Crippen LogP contribution in [0.25, 0.3) is 0 Å². The van der Waals surface area contributed by atoms with Gasteiger partial charge in [0.05, 0.1) is 25.5 Å². The molecule has 0 aromatic heterocycles. The average molecular weight is 572 g/mol. The number of esters is 1. The van der Waals surface area contributed by atoms with Crippen LogP contribution in [0.1, 0.15) is 38.8 Å². The summed E-state index contributed by atoms with van der Waals surface area (Å²) in [6.07, 6.45) is -0.788. The summed E-state index contributed by atoms with van der Waals surface area (Å²) in [6.45, 7) is 8.72. The molecule has 0 spiro atoms. The molecule has 2 N–H and O–H groups in total. The van der Waals surface area contributed by atoms with E-state index in [0.29, 0.717) is 5.69 Å². The quantitative estimate of drug-likeness (QED) is 0.415. The minimum absolute atomic E-state index is 0.153. The molecular formula is C29H37N3O7S. The van der Waals surface area contributed by atoms with Crippen molar-refractivity contribution in [2.24, 2.45) is 0 Å². The van der Waals surface area contributed by atoms with Gasteiger partial charge in [0.1, 0.15) is 24.2 Å². The molecule has 2 aromatic rings. The molecule has 0 saturated carbocycles. The normalized spacial score (nSPS) is 15.9. The summed E-state index contributed by atoms with van der Waals surface area (Å²) in [7, 11) is 0. The molecule has 11 heteroatoms. The third-order valence-corrected chi connectivity index (χ3v) is 6.83. The minimum Gasteiger partial charge on any atom is -0.465 e. The van der Waals surface area contributed by atoms with Gasteiger partial charge < -0.3 is 24.8 Å². The highest BCUT2D eigenvalue weighted by Gasteiger charge is 2.35. The summed E-state index contributed by atoms with van der Waals surface area (Å²) < 4.78 is 16.2. The first-order valence-electron chi connectivity index (χ1n) is 13.1. The Bertz CT molecular complexity index is 1200. The smallest absolute Gasteiger partial charge is 0.408 e. The zero-order valence-electron chi connectivity index (χ0n) is 23.5. The molecule has 1 aliphatic heterocycles. The molecule has 0 fully saturated rings. The number of fused-ring (bicyclic) bond motifs is 1. The van der Waals surface area contributed by atoms with Crippen LogP contribution in [-0.2, 0) is 35.2 Å². The Kier molecular flexibility index (Phi) is 11.0. The number of benzene rings is 2. The number of alkyl carbamates (subject to hydrolysis) is 1. The van der Waals surface area contributed by atoms with Crippen molar-refractivity contribution in [3.8, 4) is 0 Å². The second-order valence-electron chi connectivity index (χ2n) is 10.3. The fourth-order valence-corrected chi connectivity index (χ4v) is 5.05. The van der Waals surface area contributed by atoms with Gasteiger partial charge in [-0.15, -0.1) is 11.8 Å². The van der Waals surface area contributed by atoms with Crippen LogP contribution in [0.3, 0.4) is 0 Å². The number of nitrogens with one attached hydrogen (secondary N) is 2. The Balaban J connectivity index is 1.78. The average Bonchev–Trinajstić information content (AvgIpc) is 2.99. The van der Waals surface area contributed by atoms with Gasteiger partial charge in [-0.3, -0.25) is 19.3 Å². The Hall–Kier alpha value is -3.57. The highest BCUT2D eigenvalue weighted by molar-refractivity contribution is 7.99. The van der Waals surface area contributed by atoms with Gasteiger partial charge in [-0.05, 0) is 57.9 Å². The second-order valence-corrected chi connectivity index (χ2v) is 11.3. The first-order chi connectivity index (χ1) is 19.0. The number of carbonyl (C=O) groups excluding carboxylic acids is 4. The summed E-state index contributed by atoms with van der Waals surface area (Å²) in [5.74, 6) is -1.41. The van der Waals surface area contributed by atoms with Crippen LogP contribution in [0.5, 0.6) is 0 Å². The highest BCUT2D eigenvalue weighted by atomic mass is 32.2. The molecule has 0 unspecified atom stereocenters. The van der Waals surface area contributed by atoms with Crippen molar-refractivity contribution < 1.29 is 33.4 Å². The molecule has 1 heterocycles. The second kappa shape index (κ2) is 14.2. The standard InChI is InChI=1S/C29H37N3O7S/c1-6-38-25(33)15-32-23-13-12-19(2)14-24(23)40-18-22(27(32)35)30-26(34)21(31-28(36)39-29(3,4)5)17-37-16-20-10-8-7-9-11-20/h7-14,21-22H,6,15-18H2,1-5H3,(H,30,34)(H,31,36)/t21-,22+/m0/s1. The van der Waals surface area contributed by atoms with E-state index in [9.17, 15) is 19.2 Å².